The van der Waals surface area contributed by atoms with Gasteiger partial charge in [-0.05, 0) is 39.0 Å². The van der Waals surface area contributed by atoms with Gasteiger partial charge in [-0.25, -0.2) is 4.79 Å². The molecule has 0 bridgehead atoms. The van der Waals surface area contributed by atoms with Gasteiger partial charge in [-0.15, -0.1) is 6.58 Å². The summed E-state index contributed by atoms with van der Waals surface area (Å²) in [6.45, 7) is 10.5. The van der Waals surface area contributed by atoms with Crippen molar-refractivity contribution < 1.29 is 9.53 Å². The van der Waals surface area contributed by atoms with Crippen LogP contribution in [0.4, 0.5) is 0 Å². The molecule has 0 heterocycles. The molecule has 0 aliphatic heterocycles. The lowest BCUT2D eigenvalue weighted by Crippen LogP contribution is -2.06. The van der Waals surface area contributed by atoms with Crippen molar-refractivity contribution in [3.63, 3.8) is 0 Å². The maximum Gasteiger partial charge on any atom is 0.330 e. The smallest absolute Gasteiger partial charge is 0.330 e. The second kappa shape index (κ2) is 9.20. The SMILES string of the molecule is C=C(C)CCC[C@H](C)CCOC(=O)/C=C/C. The normalized spacial score (nSPS) is 12.7. The van der Waals surface area contributed by atoms with Crippen LogP contribution >= 0.6 is 0 Å². The lowest BCUT2D eigenvalue weighted by molar-refractivity contribution is -0.138. The summed E-state index contributed by atoms with van der Waals surface area (Å²) in [4.78, 5) is 11.0. The van der Waals surface area contributed by atoms with Crippen molar-refractivity contribution in [1.29, 1.82) is 0 Å². The van der Waals surface area contributed by atoms with E-state index in [-0.39, 0.29) is 5.97 Å². The molecule has 16 heavy (non-hydrogen) atoms. The quantitative estimate of drug-likeness (QED) is 0.355. The van der Waals surface area contributed by atoms with Gasteiger partial charge in [0.1, 0.15) is 0 Å². The van der Waals surface area contributed by atoms with Crippen molar-refractivity contribution >= 4 is 5.97 Å². The van der Waals surface area contributed by atoms with Crippen molar-refractivity contribution in [2.24, 2.45) is 5.92 Å². The highest BCUT2D eigenvalue weighted by molar-refractivity contribution is 5.81. The molecule has 0 N–H and O–H groups in total. The van der Waals surface area contributed by atoms with Crippen LogP contribution in [0.2, 0.25) is 0 Å². The van der Waals surface area contributed by atoms with Crippen LogP contribution in [-0.2, 0) is 9.53 Å². The van der Waals surface area contributed by atoms with Crippen LogP contribution in [-0.4, -0.2) is 12.6 Å². The molecule has 0 fully saturated rings. The summed E-state index contributed by atoms with van der Waals surface area (Å²) in [5.74, 6) is 0.370. The largest absolute Gasteiger partial charge is 0.463 e. The molecule has 2 nitrogen and oxygen atoms in total. The predicted molar refractivity (Wildman–Crippen MR) is 68.2 cm³/mol. The Morgan fingerprint density at radius 2 is 2.12 bits per heavy atom. The van der Waals surface area contributed by atoms with Crippen LogP contribution in [0.1, 0.15) is 46.5 Å². The Balaban J connectivity index is 3.46. The minimum absolute atomic E-state index is 0.239. The molecule has 0 spiro atoms. The van der Waals surface area contributed by atoms with Crippen molar-refractivity contribution in [2.45, 2.75) is 46.5 Å². The summed E-state index contributed by atoms with van der Waals surface area (Å²) < 4.78 is 5.04. The zero-order valence-electron chi connectivity index (χ0n) is 10.8. The number of hydrogen-bond donors (Lipinski definition) is 0. The summed E-state index contributed by atoms with van der Waals surface area (Å²) in [6.07, 6.45) is 7.54. The topological polar surface area (TPSA) is 26.3 Å². The molecule has 0 aliphatic carbocycles. The zero-order chi connectivity index (χ0) is 12.4. The average Bonchev–Trinajstić information content (AvgIpc) is 2.17. The molecule has 0 saturated carbocycles. The number of ether oxygens (including phenoxy) is 1. The molecule has 0 aromatic heterocycles. The first kappa shape index (κ1) is 14.9. The first-order valence-electron chi connectivity index (χ1n) is 6.00. The third-order valence-corrected chi connectivity index (χ3v) is 2.46. The molecule has 0 aromatic rings. The van der Waals surface area contributed by atoms with Gasteiger partial charge in [-0.1, -0.05) is 25.0 Å². The van der Waals surface area contributed by atoms with E-state index in [0.29, 0.717) is 12.5 Å². The van der Waals surface area contributed by atoms with Crippen LogP contribution in [0.5, 0.6) is 0 Å². The zero-order valence-corrected chi connectivity index (χ0v) is 10.8. The Labute approximate surface area is 99.4 Å². The summed E-state index contributed by atoms with van der Waals surface area (Å²) in [7, 11) is 0. The predicted octanol–water partition coefficient (Wildman–Crippen LogP) is 3.88. The number of rotatable bonds is 8. The van der Waals surface area contributed by atoms with Crippen LogP contribution < -0.4 is 0 Å². The third kappa shape index (κ3) is 9.50. The van der Waals surface area contributed by atoms with Gasteiger partial charge in [-0.3, -0.25) is 0 Å². The van der Waals surface area contributed by atoms with E-state index in [4.69, 9.17) is 4.74 Å². The van der Waals surface area contributed by atoms with E-state index in [0.717, 1.165) is 12.8 Å². The maximum atomic E-state index is 11.0. The van der Waals surface area contributed by atoms with Crippen LogP contribution in [0, 0.1) is 5.92 Å². The van der Waals surface area contributed by atoms with E-state index in [1.807, 2.05) is 6.92 Å². The van der Waals surface area contributed by atoms with Gasteiger partial charge in [0.25, 0.3) is 0 Å². The van der Waals surface area contributed by atoms with Gasteiger partial charge in [0, 0.05) is 6.08 Å². The van der Waals surface area contributed by atoms with Gasteiger partial charge in [0.05, 0.1) is 6.61 Å². The minimum atomic E-state index is -0.239. The molecule has 0 saturated heterocycles. The van der Waals surface area contributed by atoms with Crippen LogP contribution in [0.15, 0.2) is 24.3 Å². The molecular weight excluding hydrogens is 200 g/mol. The summed E-state index contributed by atoms with van der Waals surface area (Å²) >= 11 is 0. The lowest BCUT2D eigenvalue weighted by atomic mass is 9.99. The Morgan fingerprint density at radius 1 is 1.44 bits per heavy atom. The Bertz CT molecular complexity index is 241. The van der Waals surface area contributed by atoms with Crippen LogP contribution in [0.25, 0.3) is 0 Å². The van der Waals surface area contributed by atoms with E-state index in [1.54, 1.807) is 6.08 Å². The second-order valence-electron chi connectivity index (χ2n) is 4.41. The maximum absolute atomic E-state index is 11.0. The summed E-state index contributed by atoms with van der Waals surface area (Å²) in [5, 5.41) is 0. The van der Waals surface area contributed by atoms with Crippen molar-refractivity contribution in [3.05, 3.63) is 24.3 Å². The molecule has 0 aliphatic rings. The molecule has 0 amide bonds. The van der Waals surface area contributed by atoms with Gasteiger partial charge in [0.2, 0.25) is 0 Å². The number of carbonyl (C=O) groups excluding carboxylic acids is 1. The molecule has 92 valence electrons. The molecule has 0 radical (unpaired) electrons. The molecule has 1 atom stereocenters. The monoisotopic (exact) mass is 224 g/mol. The van der Waals surface area contributed by atoms with E-state index >= 15 is 0 Å². The second-order valence-corrected chi connectivity index (χ2v) is 4.41. The summed E-state index contributed by atoms with van der Waals surface area (Å²) in [6, 6.07) is 0. The van der Waals surface area contributed by atoms with Crippen LogP contribution in [0.3, 0.4) is 0 Å². The number of hydrogen-bond acceptors (Lipinski definition) is 2. The first-order valence-corrected chi connectivity index (χ1v) is 6.00. The van der Waals surface area contributed by atoms with Gasteiger partial charge in [-0.2, -0.15) is 0 Å². The highest BCUT2D eigenvalue weighted by atomic mass is 16.5. The van der Waals surface area contributed by atoms with Gasteiger partial charge in [0.15, 0.2) is 0 Å². The van der Waals surface area contributed by atoms with Gasteiger partial charge < -0.3 is 4.74 Å². The standard InChI is InChI=1S/C14H24O2/c1-5-7-14(15)16-11-10-13(4)9-6-8-12(2)3/h5,7,13H,2,6,8-11H2,1,3-4H3/b7-5+/t13-/m0/s1. The number of esters is 1. The molecular formula is C14H24O2. The molecule has 0 unspecified atom stereocenters. The number of carbonyl (C=O) groups is 1. The van der Waals surface area contributed by atoms with Crippen molar-refractivity contribution in [2.75, 3.05) is 6.61 Å². The Kier molecular flexibility index (Phi) is 8.59. The van der Waals surface area contributed by atoms with E-state index < -0.39 is 0 Å². The van der Waals surface area contributed by atoms with Crippen molar-refractivity contribution in [1.82, 2.24) is 0 Å². The highest BCUT2D eigenvalue weighted by Crippen LogP contribution is 2.14. The van der Waals surface area contributed by atoms with E-state index in [2.05, 4.69) is 20.4 Å². The third-order valence-electron chi connectivity index (χ3n) is 2.46. The number of allylic oxidation sites excluding steroid dienone is 2. The van der Waals surface area contributed by atoms with Gasteiger partial charge >= 0.3 is 5.97 Å². The first-order chi connectivity index (χ1) is 7.56. The molecule has 2 heteroatoms. The Morgan fingerprint density at radius 3 is 2.69 bits per heavy atom. The Hall–Kier alpha value is -1.05. The lowest BCUT2D eigenvalue weighted by Gasteiger charge is -2.10. The molecule has 0 aromatic carbocycles. The summed E-state index contributed by atoms with van der Waals surface area (Å²) in [5.41, 5.74) is 1.24. The van der Waals surface area contributed by atoms with E-state index in [1.165, 1.54) is 24.5 Å². The fourth-order valence-electron chi connectivity index (χ4n) is 1.44. The fraction of sp³-hybridized carbons (Fsp3) is 0.643. The molecule has 0 rings (SSSR count). The highest BCUT2D eigenvalue weighted by Gasteiger charge is 2.03. The van der Waals surface area contributed by atoms with Crippen molar-refractivity contribution in [3.8, 4) is 0 Å². The average molecular weight is 224 g/mol. The van der Waals surface area contributed by atoms with E-state index in [9.17, 15) is 4.79 Å². The fourth-order valence-corrected chi connectivity index (χ4v) is 1.44. The minimum Gasteiger partial charge on any atom is -0.463 e.